The molecule has 0 bridgehead atoms. The number of carbonyl (C=O) groups excluding carboxylic acids is 1. The lowest BCUT2D eigenvalue weighted by molar-refractivity contribution is -0.115. The highest BCUT2D eigenvalue weighted by Crippen LogP contribution is 2.32. The van der Waals surface area contributed by atoms with E-state index in [1.807, 2.05) is 0 Å². The van der Waals surface area contributed by atoms with Gasteiger partial charge in [0.2, 0.25) is 5.91 Å². The normalized spacial score (nSPS) is 16.1. The summed E-state index contributed by atoms with van der Waals surface area (Å²) < 4.78 is 24.0. The predicted octanol–water partition coefficient (Wildman–Crippen LogP) is 0.818. The Morgan fingerprint density at radius 3 is 2.79 bits per heavy atom. The van der Waals surface area contributed by atoms with Crippen molar-refractivity contribution in [1.29, 1.82) is 0 Å². The fraction of sp³-hybridized carbons (Fsp3) is 0.364. The van der Waals surface area contributed by atoms with E-state index in [2.05, 4.69) is 5.32 Å². The maximum Gasteiger partial charge on any atom is 0.299 e. The second-order valence-corrected chi connectivity index (χ2v) is 6.44. The van der Waals surface area contributed by atoms with E-state index in [9.17, 15) is 13.2 Å². The lowest BCUT2D eigenvalue weighted by Gasteiger charge is -2.17. The minimum Gasteiger partial charge on any atom is -0.325 e. The van der Waals surface area contributed by atoms with Crippen molar-refractivity contribution in [3.8, 4) is 0 Å². The summed E-state index contributed by atoms with van der Waals surface area (Å²) >= 11 is 5.66. The summed E-state index contributed by atoms with van der Waals surface area (Å²) in [4.78, 5) is 11.5. The number of hydrogen-bond donors (Lipinski definition) is 2. The van der Waals surface area contributed by atoms with Crippen molar-refractivity contribution in [1.82, 2.24) is 0 Å². The minimum absolute atomic E-state index is 0.317. The highest BCUT2D eigenvalue weighted by molar-refractivity contribution is 7.90. The first-order valence-electron chi connectivity index (χ1n) is 5.67. The van der Waals surface area contributed by atoms with Gasteiger partial charge in [0.25, 0.3) is 10.2 Å². The average molecular weight is 304 g/mol. The van der Waals surface area contributed by atoms with Crippen molar-refractivity contribution in [3.63, 3.8) is 0 Å². The minimum atomic E-state index is -3.78. The van der Waals surface area contributed by atoms with Crippen molar-refractivity contribution in [2.24, 2.45) is 5.14 Å². The van der Waals surface area contributed by atoms with Gasteiger partial charge in [-0.05, 0) is 31.0 Å². The van der Waals surface area contributed by atoms with Gasteiger partial charge in [-0.3, -0.25) is 9.10 Å². The Hall–Kier alpha value is -1.31. The Morgan fingerprint density at radius 2 is 2.21 bits per heavy atom. The number of fused-ring (bicyclic) bond motifs is 1. The first kappa shape index (κ1) is 14.1. The van der Waals surface area contributed by atoms with Gasteiger partial charge in [0.05, 0.1) is 5.69 Å². The number of amides is 1. The molecule has 1 unspecified atom stereocenters. The molecule has 1 amide bonds. The maximum absolute atomic E-state index is 11.5. The van der Waals surface area contributed by atoms with Crippen molar-refractivity contribution >= 4 is 39.1 Å². The topological polar surface area (TPSA) is 92.5 Å². The molecular formula is C11H14ClN3O3S. The maximum atomic E-state index is 11.5. The summed E-state index contributed by atoms with van der Waals surface area (Å²) in [6, 6.07) is 5.07. The Kier molecular flexibility index (Phi) is 3.71. The molecule has 2 rings (SSSR count). The zero-order valence-corrected chi connectivity index (χ0v) is 11.8. The smallest absolute Gasteiger partial charge is 0.299 e. The zero-order valence-electron chi connectivity index (χ0n) is 10.3. The van der Waals surface area contributed by atoms with E-state index in [1.54, 1.807) is 25.1 Å². The molecule has 1 atom stereocenters. The molecule has 0 spiro atoms. The van der Waals surface area contributed by atoms with Crippen LogP contribution in [0.5, 0.6) is 0 Å². The van der Waals surface area contributed by atoms with Crippen LogP contribution in [0.25, 0.3) is 0 Å². The van der Waals surface area contributed by atoms with Gasteiger partial charge in [0, 0.05) is 12.2 Å². The number of nitrogens with two attached hydrogens (primary N) is 1. The van der Waals surface area contributed by atoms with E-state index >= 15 is 0 Å². The molecule has 6 nitrogen and oxygen atoms in total. The Balaban J connectivity index is 2.31. The van der Waals surface area contributed by atoms with Crippen molar-refractivity contribution in [2.75, 3.05) is 16.2 Å². The summed E-state index contributed by atoms with van der Waals surface area (Å²) in [5.41, 5.74) is 1.88. The molecule has 8 heteroatoms. The molecule has 0 fully saturated rings. The molecule has 0 radical (unpaired) electrons. The molecule has 0 aromatic heterocycles. The van der Waals surface area contributed by atoms with Gasteiger partial charge in [-0.15, -0.1) is 11.6 Å². The van der Waals surface area contributed by atoms with Crippen LogP contribution >= 0.6 is 11.6 Å². The van der Waals surface area contributed by atoms with Gasteiger partial charge in [-0.1, -0.05) is 6.07 Å². The first-order chi connectivity index (χ1) is 8.79. The third-order valence-electron chi connectivity index (χ3n) is 2.87. The SMILES string of the molecule is CC(Cl)C(=O)Nc1ccc2c(c1)N(S(N)(=O)=O)CC2. The summed E-state index contributed by atoms with van der Waals surface area (Å²) in [5, 5.41) is 7.09. The second-order valence-electron chi connectivity index (χ2n) is 4.32. The fourth-order valence-corrected chi connectivity index (χ4v) is 2.78. The number of carbonyl (C=O) groups is 1. The van der Waals surface area contributed by atoms with Crippen LogP contribution in [0.4, 0.5) is 11.4 Å². The number of rotatable bonds is 3. The number of anilines is 2. The predicted molar refractivity (Wildman–Crippen MR) is 74.5 cm³/mol. The van der Waals surface area contributed by atoms with E-state index in [1.165, 1.54) is 0 Å². The van der Waals surface area contributed by atoms with Crippen LogP contribution in [0.15, 0.2) is 18.2 Å². The molecule has 0 saturated carbocycles. The average Bonchev–Trinajstić information content (AvgIpc) is 2.71. The largest absolute Gasteiger partial charge is 0.325 e. The van der Waals surface area contributed by atoms with Crippen LogP contribution in [0.3, 0.4) is 0 Å². The van der Waals surface area contributed by atoms with Crippen LogP contribution in [0, 0.1) is 0 Å². The molecule has 1 aromatic rings. The standard InChI is InChI=1S/C11H14ClN3O3S/c1-7(12)11(16)14-9-3-2-8-4-5-15(10(8)6-9)19(13,17)18/h2-3,6-7H,4-5H2,1H3,(H,14,16)(H2,13,17,18). The van der Waals surface area contributed by atoms with Gasteiger partial charge in [0.1, 0.15) is 5.38 Å². The molecule has 0 saturated heterocycles. The molecule has 19 heavy (non-hydrogen) atoms. The molecule has 104 valence electrons. The summed E-state index contributed by atoms with van der Waals surface area (Å²) in [6.07, 6.45) is 0.603. The molecule has 1 aliphatic rings. The van der Waals surface area contributed by atoms with Crippen LogP contribution in [0.2, 0.25) is 0 Å². The number of alkyl halides is 1. The van der Waals surface area contributed by atoms with Crippen LogP contribution in [0.1, 0.15) is 12.5 Å². The molecule has 1 heterocycles. The molecule has 3 N–H and O–H groups in total. The third kappa shape index (κ3) is 2.99. The number of benzene rings is 1. The first-order valence-corrected chi connectivity index (χ1v) is 7.61. The quantitative estimate of drug-likeness (QED) is 0.810. The van der Waals surface area contributed by atoms with Crippen molar-refractivity contribution in [2.45, 2.75) is 18.7 Å². The summed E-state index contributed by atoms with van der Waals surface area (Å²) in [5.74, 6) is -0.346. The molecular weight excluding hydrogens is 290 g/mol. The van der Waals surface area contributed by atoms with Gasteiger partial charge in [-0.25, -0.2) is 5.14 Å². The summed E-state index contributed by atoms with van der Waals surface area (Å²) in [6.45, 7) is 1.87. The van der Waals surface area contributed by atoms with E-state index < -0.39 is 15.6 Å². The molecule has 0 aliphatic carbocycles. The monoisotopic (exact) mass is 303 g/mol. The van der Waals surface area contributed by atoms with Crippen LogP contribution in [-0.2, 0) is 21.4 Å². The Labute approximate surface area is 116 Å². The zero-order chi connectivity index (χ0) is 14.2. The Bertz CT molecular complexity index is 616. The van der Waals surface area contributed by atoms with Crippen molar-refractivity contribution in [3.05, 3.63) is 23.8 Å². The number of nitrogens with one attached hydrogen (secondary N) is 1. The molecule has 1 aromatic carbocycles. The number of nitrogens with zero attached hydrogens (tertiary/aromatic N) is 1. The van der Waals surface area contributed by atoms with Crippen molar-refractivity contribution < 1.29 is 13.2 Å². The van der Waals surface area contributed by atoms with E-state index in [0.29, 0.717) is 24.3 Å². The highest BCUT2D eigenvalue weighted by atomic mass is 35.5. The van der Waals surface area contributed by atoms with E-state index in [-0.39, 0.29) is 5.91 Å². The lowest BCUT2D eigenvalue weighted by atomic mass is 10.1. The Morgan fingerprint density at radius 1 is 1.53 bits per heavy atom. The molecule has 1 aliphatic heterocycles. The van der Waals surface area contributed by atoms with Gasteiger partial charge in [0.15, 0.2) is 0 Å². The second kappa shape index (κ2) is 4.99. The van der Waals surface area contributed by atoms with Crippen LogP contribution in [-0.4, -0.2) is 26.2 Å². The van der Waals surface area contributed by atoms with E-state index in [0.717, 1.165) is 9.87 Å². The fourth-order valence-electron chi connectivity index (χ4n) is 1.93. The van der Waals surface area contributed by atoms with Gasteiger partial charge < -0.3 is 5.32 Å². The van der Waals surface area contributed by atoms with E-state index in [4.69, 9.17) is 16.7 Å². The number of hydrogen-bond acceptors (Lipinski definition) is 3. The highest BCUT2D eigenvalue weighted by Gasteiger charge is 2.27. The number of halogens is 1. The van der Waals surface area contributed by atoms with Crippen LogP contribution < -0.4 is 14.8 Å². The van der Waals surface area contributed by atoms with Gasteiger partial charge >= 0.3 is 0 Å². The van der Waals surface area contributed by atoms with Gasteiger partial charge in [-0.2, -0.15) is 8.42 Å². The summed E-state index contributed by atoms with van der Waals surface area (Å²) in [7, 11) is -3.78. The lowest BCUT2D eigenvalue weighted by Crippen LogP contribution is -2.35. The third-order valence-corrected chi connectivity index (χ3v) is 4.07.